The van der Waals surface area contributed by atoms with Gasteiger partial charge in [-0.15, -0.1) is 0 Å². The summed E-state index contributed by atoms with van der Waals surface area (Å²) < 4.78 is 0. The third-order valence-electron chi connectivity index (χ3n) is 5.96. The van der Waals surface area contributed by atoms with E-state index in [-0.39, 0.29) is 0 Å². The van der Waals surface area contributed by atoms with Crippen molar-refractivity contribution in [2.24, 2.45) is 23.7 Å². The minimum atomic E-state index is 1.00. The van der Waals surface area contributed by atoms with Gasteiger partial charge in [-0.2, -0.15) is 0 Å². The molecule has 2 rings (SSSR count). The van der Waals surface area contributed by atoms with Crippen LogP contribution in [0.15, 0.2) is 0 Å². The van der Waals surface area contributed by atoms with Gasteiger partial charge in [-0.1, -0.05) is 78.1 Å². The zero-order valence-corrected chi connectivity index (χ0v) is 13.4. The summed E-state index contributed by atoms with van der Waals surface area (Å²) in [5.41, 5.74) is 0. The summed E-state index contributed by atoms with van der Waals surface area (Å²) >= 11 is 0. The van der Waals surface area contributed by atoms with Crippen LogP contribution in [0.3, 0.4) is 0 Å². The molecule has 0 aromatic carbocycles. The van der Waals surface area contributed by atoms with Crippen molar-refractivity contribution in [3.05, 3.63) is 6.42 Å². The van der Waals surface area contributed by atoms with E-state index in [4.69, 9.17) is 0 Å². The summed E-state index contributed by atoms with van der Waals surface area (Å²) in [6.45, 7) is 4.79. The molecule has 0 unspecified atom stereocenters. The van der Waals surface area contributed by atoms with E-state index < -0.39 is 0 Å². The first-order valence-corrected chi connectivity index (χ1v) is 9.09. The number of rotatable bonds is 6. The molecule has 0 N–H and O–H groups in total. The van der Waals surface area contributed by atoms with Crippen LogP contribution in [0, 0.1) is 30.1 Å². The predicted octanol–water partition coefficient (Wildman–Crippen LogP) is 6.40. The van der Waals surface area contributed by atoms with Crippen LogP contribution in [0.2, 0.25) is 0 Å². The van der Waals surface area contributed by atoms with Gasteiger partial charge >= 0.3 is 0 Å². The summed E-state index contributed by atoms with van der Waals surface area (Å²) in [6, 6.07) is 0. The highest BCUT2D eigenvalue weighted by Gasteiger charge is 2.20. The van der Waals surface area contributed by atoms with Crippen molar-refractivity contribution in [2.45, 2.75) is 90.9 Å². The number of unbranched alkanes of at least 4 members (excludes halogenated alkanes) is 1. The Kier molecular flexibility index (Phi) is 6.74. The topological polar surface area (TPSA) is 0 Å². The predicted molar refractivity (Wildman–Crippen MR) is 85.0 cm³/mol. The van der Waals surface area contributed by atoms with Crippen molar-refractivity contribution < 1.29 is 0 Å². The fourth-order valence-corrected chi connectivity index (χ4v) is 4.20. The fourth-order valence-electron chi connectivity index (χ4n) is 4.20. The van der Waals surface area contributed by atoms with Crippen LogP contribution >= 0.6 is 0 Å². The third-order valence-corrected chi connectivity index (χ3v) is 5.96. The Labute approximate surface area is 121 Å². The van der Waals surface area contributed by atoms with Gasteiger partial charge in [0.2, 0.25) is 0 Å². The Morgan fingerprint density at radius 1 is 0.789 bits per heavy atom. The molecular formula is C19H35. The van der Waals surface area contributed by atoms with Gasteiger partial charge < -0.3 is 0 Å². The fraction of sp³-hybridized carbons (Fsp3) is 0.947. The summed E-state index contributed by atoms with van der Waals surface area (Å²) in [4.78, 5) is 0. The minimum Gasteiger partial charge on any atom is -0.0651 e. The zero-order valence-electron chi connectivity index (χ0n) is 13.4. The highest BCUT2D eigenvalue weighted by atomic mass is 14.3. The molecule has 0 heterocycles. The van der Waals surface area contributed by atoms with Crippen LogP contribution in [0.4, 0.5) is 0 Å². The maximum Gasteiger partial charge on any atom is -0.0383 e. The molecule has 2 saturated carbocycles. The Balaban J connectivity index is 1.48. The largest absolute Gasteiger partial charge is 0.0651 e. The van der Waals surface area contributed by atoms with E-state index in [1.165, 1.54) is 77.0 Å². The number of hydrogen-bond donors (Lipinski definition) is 0. The zero-order chi connectivity index (χ0) is 13.5. The van der Waals surface area contributed by atoms with Crippen molar-refractivity contribution >= 4 is 0 Å². The third kappa shape index (κ3) is 5.48. The van der Waals surface area contributed by atoms with Gasteiger partial charge in [0.25, 0.3) is 0 Å². The first-order valence-electron chi connectivity index (χ1n) is 9.09. The molecule has 0 spiro atoms. The molecule has 0 aromatic rings. The normalized spacial score (nSPS) is 36.3. The van der Waals surface area contributed by atoms with E-state index in [1.807, 2.05) is 0 Å². The van der Waals surface area contributed by atoms with E-state index in [9.17, 15) is 0 Å². The lowest BCUT2D eigenvalue weighted by molar-refractivity contribution is 0.254. The maximum atomic E-state index is 2.63. The molecule has 2 aliphatic rings. The molecule has 111 valence electrons. The molecule has 0 aromatic heterocycles. The molecule has 0 amide bonds. The van der Waals surface area contributed by atoms with Crippen molar-refractivity contribution in [1.82, 2.24) is 0 Å². The SMILES string of the molecule is CCC1CCC(CC[CH]CC2CCC(C)CC2)CC1. The standard InChI is InChI=1S/C19H35/c1-3-17-12-14-19(15-13-17)7-5-4-6-18-10-8-16(2)9-11-18/h4,16-19H,3,5-15H2,1-2H3. The first kappa shape index (κ1) is 15.4. The lowest BCUT2D eigenvalue weighted by Gasteiger charge is -2.28. The van der Waals surface area contributed by atoms with E-state index >= 15 is 0 Å². The molecule has 19 heavy (non-hydrogen) atoms. The van der Waals surface area contributed by atoms with E-state index in [0.29, 0.717) is 0 Å². The van der Waals surface area contributed by atoms with Crippen molar-refractivity contribution in [3.63, 3.8) is 0 Å². The van der Waals surface area contributed by atoms with Gasteiger partial charge in [-0.25, -0.2) is 0 Å². The molecule has 0 heteroatoms. The van der Waals surface area contributed by atoms with Crippen molar-refractivity contribution in [3.8, 4) is 0 Å². The van der Waals surface area contributed by atoms with Crippen LogP contribution < -0.4 is 0 Å². The van der Waals surface area contributed by atoms with Gasteiger partial charge in [0.15, 0.2) is 0 Å². The first-order chi connectivity index (χ1) is 9.28. The van der Waals surface area contributed by atoms with Crippen LogP contribution in [-0.4, -0.2) is 0 Å². The van der Waals surface area contributed by atoms with Gasteiger partial charge in [0.1, 0.15) is 0 Å². The van der Waals surface area contributed by atoms with Crippen LogP contribution in [0.25, 0.3) is 0 Å². The lowest BCUT2D eigenvalue weighted by Crippen LogP contribution is -2.14. The second-order valence-corrected chi connectivity index (χ2v) is 7.52. The molecule has 2 aliphatic carbocycles. The van der Waals surface area contributed by atoms with Crippen LogP contribution in [0.5, 0.6) is 0 Å². The molecule has 0 nitrogen and oxygen atoms in total. The minimum absolute atomic E-state index is 1.00. The molecular weight excluding hydrogens is 228 g/mol. The molecule has 0 aliphatic heterocycles. The summed E-state index contributed by atoms with van der Waals surface area (Å²) in [5, 5.41) is 0. The Hall–Kier alpha value is 0. The van der Waals surface area contributed by atoms with Gasteiger partial charge in [0, 0.05) is 0 Å². The van der Waals surface area contributed by atoms with Crippen molar-refractivity contribution in [2.75, 3.05) is 0 Å². The molecule has 0 atom stereocenters. The van der Waals surface area contributed by atoms with Gasteiger partial charge in [-0.3, -0.25) is 0 Å². The number of hydrogen-bond acceptors (Lipinski definition) is 0. The Morgan fingerprint density at radius 3 is 2.00 bits per heavy atom. The van der Waals surface area contributed by atoms with E-state index in [2.05, 4.69) is 20.3 Å². The van der Waals surface area contributed by atoms with Crippen molar-refractivity contribution in [1.29, 1.82) is 0 Å². The monoisotopic (exact) mass is 263 g/mol. The summed E-state index contributed by atoms with van der Waals surface area (Å²) in [7, 11) is 0. The smallest absolute Gasteiger partial charge is 0.0383 e. The highest BCUT2D eigenvalue weighted by molar-refractivity contribution is 4.78. The molecule has 1 radical (unpaired) electrons. The summed E-state index contributed by atoms with van der Waals surface area (Å²) in [5.74, 6) is 4.16. The molecule has 0 saturated heterocycles. The second-order valence-electron chi connectivity index (χ2n) is 7.52. The van der Waals surface area contributed by atoms with E-state index in [1.54, 1.807) is 0 Å². The quantitative estimate of drug-likeness (QED) is 0.486. The summed E-state index contributed by atoms with van der Waals surface area (Å²) in [6.07, 6.45) is 20.4. The Morgan fingerprint density at radius 2 is 1.37 bits per heavy atom. The van der Waals surface area contributed by atoms with Crippen LogP contribution in [0.1, 0.15) is 90.9 Å². The average Bonchev–Trinajstić information content (AvgIpc) is 2.46. The molecule has 0 bridgehead atoms. The highest BCUT2D eigenvalue weighted by Crippen LogP contribution is 2.34. The van der Waals surface area contributed by atoms with Gasteiger partial charge in [0.05, 0.1) is 0 Å². The Bertz CT molecular complexity index is 216. The molecule has 2 fully saturated rings. The lowest BCUT2D eigenvalue weighted by atomic mass is 9.78. The maximum absolute atomic E-state index is 2.63. The van der Waals surface area contributed by atoms with Crippen LogP contribution in [-0.2, 0) is 0 Å². The second kappa shape index (κ2) is 8.32. The van der Waals surface area contributed by atoms with E-state index in [0.717, 1.165) is 23.7 Å². The van der Waals surface area contributed by atoms with Gasteiger partial charge in [-0.05, 0) is 42.9 Å². The average molecular weight is 263 g/mol.